The summed E-state index contributed by atoms with van der Waals surface area (Å²) >= 11 is 6.75. The molecule has 2 fully saturated rings. The number of fused-ring (bicyclic) bond motifs is 4. The van der Waals surface area contributed by atoms with Crippen molar-refractivity contribution in [3.05, 3.63) is 45.4 Å². The topological polar surface area (TPSA) is 45.6 Å². The minimum atomic E-state index is 0.0317. The van der Waals surface area contributed by atoms with Crippen LogP contribution in [0.1, 0.15) is 31.4 Å². The number of carbonyl (C=O) groups excluding carboxylic acids is 1. The number of carbonyl (C=O) groups is 1. The number of piperidine rings is 1. The lowest BCUT2D eigenvalue weighted by atomic mass is 9.83. The van der Waals surface area contributed by atoms with Crippen molar-refractivity contribution in [1.29, 1.82) is 0 Å². The fourth-order valence-corrected chi connectivity index (χ4v) is 5.43. The van der Waals surface area contributed by atoms with E-state index in [0.29, 0.717) is 22.7 Å². The number of likely N-dealkylation sites (tertiary alicyclic amines) is 1. The van der Waals surface area contributed by atoms with E-state index < -0.39 is 0 Å². The van der Waals surface area contributed by atoms with Crippen LogP contribution in [0.15, 0.2) is 34.1 Å². The van der Waals surface area contributed by atoms with Crippen LogP contribution < -0.4 is 5.56 Å². The molecule has 4 heterocycles. The Hall–Kier alpha value is -1.60. The molecule has 0 aromatic carbocycles. The summed E-state index contributed by atoms with van der Waals surface area (Å²) < 4.78 is 2.59. The van der Waals surface area contributed by atoms with E-state index in [1.54, 1.807) is 11.0 Å². The lowest BCUT2D eigenvalue weighted by Gasteiger charge is -2.42. The van der Waals surface area contributed by atoms with Gasteiger partial charge in [0, 0.05) is 50.1 Å². The molecule has 4 rings (SSSR count). The van der Waals surface area contributed by atoms with Crippen LogP contribution in [0.2, 0.25) is 0 Å². The molecule has 2 atom stereocenters. The van der Waals surface area contributed by atoms with E-state index in [4.69, 9.17) is 12.2 Å². The predicted molar refractivity (Wildman–Crippen MR) is 103 cm³/mol. The number of nitrogens with zero attached hydrogens (tertiary/aromatic N) is 3. The van der Waals surface area contributed by atoms with Gasteiger partial charge in [-0.05, 0) is 24.8 Å². The Morgan fingerprint density at radius 3 is 2.92 bits per heavy atom. The van der Waals surface area contributed by atoms with Crippen molar-refractivity contribution >= 4 is 34.2 Å². The smallest absolute Gasteiger partial charge is 0.267 e. The largest absolute Gasteiger partial charge is 0.375 e. The van der Waals surface area contributed by atoms with Crippen LogP contribution in [0.3, 0.4) is 0 Å². The minimum absolute atomic E-state index is 0.0317. The van der Waals surface area contributed by atoms with Gasteiger partial charge in [0.2, 0.25) is 0 Å². The van der Waals surface area contributed by atoms with Gasteiger partial charge in [0.15, 0.2) is 0 Å². The van der Waals surface area contributed by atoms with Gasteiger partial charge in [0.1, 0.15) is 4.32 Å². The van der Waals surface area contributed by atoms with E-state index in [-0.39, 0.29) is 11.5 Å². The number of hydrogen-bond donors (Lipinski definition) is 0. The molecule has 25 heavy (non-hydrogen) atoms. The third kappa shape index (κ3) is 3.04. The van der Waals surface area contributed by atoms with Crippen LogP contribution in [0.4, 0.5) is 0 Å². The van der Waals surface area contributed by atoms with E-state index in [9.17, 15) is 9.59 Å². The lowest BCUT2D eigenvalue weighted by Crippen LogP contribution is -2.45. The van der Waals surface area contributed by atoms with Gasteiger partial charge in [-0.25, -0.2) is 0 Å². The highest BCUT2D eigenvalue weighted by atomic mass is 32.2. The molecule has 2 unspecified atom stereocenters. The first kappa shape index (κ1) is 16.8. The molecule has 1 amide bonds. The van der Waals surface area contributed by atoms with Gasteiger partial charge in [-0.1, -0.05) is 37.0 Å². The second-order valence-electron chi connectivity index (χ2n) is 6.97. The van der Waals surface area contributed by atoms with Crippen molar-refractivity contribution in [3.8, 4) is 0 Å². The van der Waals surface area contributed by atoms with Crippen LogP contribution in [0.25, 0.3) is 0 Å². The molecule has 2 saturated heterocycles. The Kier molecular flexibility index (Phi) is 4.45. The molecule has 3 aliphatic heterocycles. The second kappa shape index (κ2) is 6.61. The zero-order valence-corrected chi connectivity index (χ0v) is 15.8. The fourth-order valence-electron chi connectivity index (χ4n) is 4.11. The second-order valence-corrected chi connectivity index (χ2v) is 8.65. The molecule has 0 N–H and O–H groups in total. The maximum Gasteiger partial charge on any atom is 0.267 e. The predicted octanol–water partition coefficient (Wildman–Crippen LogP) is 2.38. The Labute approximate surface area is 156 Å². The molecule has 5 nitrogen and oxygen atoms in total. The van der Waals surface area contributed by atoms with Gasteiger partial charge in [-0.3, -0.25) is 14.5 Å². The number of hydrogen-bond acceptors (Lipinski definition) is 5. The molecule has 0 saturated carbocycles. The summed E-state index contributed by atoms with van der Waals surface area (Å²) in [5, 5.41) is 0. The zero-order valence-electron chi connectivity index (χ0n) is 14.2. The quantitative estimate of drug-likeness (QED) is 0.600. The minimum Gasteiger partial charge on any atom is -0.375 e. The van der Waals surface area contributed by atoms with Gasteiger partial charge >= 0.3 is 0 Å². The number of pyridine rings is 1. The van der Waals surface area contributed by atoms with Crippen molar-refractivity contribution in [2.45, 2.75) is 32.2 Å². The SMILES string of the molecule is CCCN1C(=O)C(=CN2CC3CC(C2)c2cccc(=O)n2C3)SC1=S. The van der Waals surface area contributed by atoms with Gasteiger partial charge in [0.05, 0.1) is 4.91 Å². The lowest BCUT2D eigenvalue weighted by molar-refractivity contribution is -0.122. The van der Waals surface area contributed by atoms with E-state index in [1.807, 2.05) is 23.8 Å². The molecule has 7 heteroatoms. The molecular formula is C18H21N3O2S2. The van der Waals surface area contributed by atoms with E-state index in [0.717, 1.165) is 43.1 Å². The number of thioether (sulfide) groups is 1. The van der Waals surface area contributed by atoms with Gasteiger partial charge < -0.3 is 9.47 Å². The molecule has 3 aliphatic rings. The molecule has 1 aromatic rings. The summed E-state index contributed by atoms with van der Waals surface area (Å²) in [6.45, 7) is 5.23. The van der Waals surface area contributed by atoms with Gasteiger partial charge in [-0.2, -0.15) is 0 Å². The van der Waals surface area contributed by atoms with Crippen molar-refractivity contribution in [3.63, 3.8) is 0 Å². The highest BCUT2D eigenvalue weighted by Gasteiger charge is 2.36. The van der Waals surface area contributed by atoms with Crippen molar-refractivity contribution in [2.24, 2.45) is 5.92 Å². The number of rotatable bonds is 3. The van der Waals surface area contributed by atoms with Crippen molar-refractivity contribution < 1.29 is 4.79 Å². The van der Waals surface area contributed by atoms with Crippen LogP contribution in [-0.2, 0) is 11.3 Å². The van der Waals surface area contributed by atoms with Crippen LogP contribution in [0, 0.1) is 5.92 Å². The molecule has 0 radical (unpaired) electrons. The summed E-state index contributed by atoms with van der Waals surface area (Å²) in [7, 11) is 0. The maximum atomic E-state index is 12.5. The average Bonchev–Trinajstić information content (AvgIpc) is 2.84. The molecule has 2 bridgehead atoms. The Bertz CT molecular complexity index is 817. The Morgan fingerprint density at radius 1 is 1.28 bits per heavy atom. The fraction of sp³-hybridized carbons (Fsp3) is 0.500. The molecule has 0 spiro atoms. The highest BCUT2D eigenvalue weighted by molar-refractivity contribution is 8.26. The standard InChI is InChI=1S/C18H21N3O2S2/c1-2-6-20-17(23)15(25-18(20)24)11-19-8-12-7-13(10-19)14-4-3-5-16(22)21(14)9-12/h3-5,11-13H,2,6-10H2,1H3. The Morgan fingerprint density at radius 2 is 2.12 bits per heavy atom. The highest BCUT2D eigenvalue weighted by Crippen LogP contribution is 2.37. The summed E-state index contributed by atoms with van der Waals surface area (Å²) in [4.78, 5) is 29.3. The summed E-state index contributed by atoms with van der Waals surface area (Å²) in [5.41, 5.74) is 1.22. The number of amides is 1. The van der Waals surface area contributed by atoms with E-state index in [1.165, 1.54) is 11.8 Å². The first-order chi connectivity index (χ1) is 12.1. The monoisotopic (exact) mass is 375 g/mol. The van der Waals surface area contributed by atoms with Crippen LogP contribution in [-0.4, -0.2) is 44.2 Å². The normalized spacial score (nSPS) is 27.2. The number of thiocarbonyl (C=S) groups is 1. The third-order valence-corrected chi connectivity index (χ3v) is 6.49. The third-order valence-electron chi connectivity index (χ3n) is 5.13. The van der Waals surface area contributed by atoms with E-state index in [2.05, 4.69) is 11.0 Å². The van der Waals surface area contributed by atoms with Crippen molar-refractivity contribution in [1.82, 2.24) is 14.4 Å². The maximum absolute atomic E-state index is 12.5. The number of aromatic nitrogens is 1. The van der Waals surface area contributed by atoms with Crippen molar-refractivity contribution in [2.75, 3.05) is 19.6 Å². The average molecular weight is 376 g/mol. The first-order valence-corrected chi connectivity index (χ1v) is 9.98. The Balaban J connectivity index is 1.56. The molecule has 132 valence electrons. The summed E-state index contributed by atoms with van der Waals surface area (Å²) in [5.74, 6) is 0.825. The molecule has 0 aliphatic carbocycles. The van der Waals surface area contributed by atoms with Crippen LogP contribution >= 0.6 is 24.0 Å². The van der Waals surface area contributed by atoms with Gasteiger partial charge in [0.25, 0.3) is 11.5 Å². The summed E-state index contributed by atoms with van der Waals surface area (Å²) in [6.07, 6.45) is 4.01. The molecule has 1 aromatic heterocycles. The molecular weight excluding hydrogens is 354 g/mol. The van der Waals surface area contributed by atoms with Crippen LogP contribution in [0.5, 0.6) is 0 Å². The summed E-state index contributed by atoms with van der Waals surface area (Å²) in [6, 6.07) is 5.55. The zero-order chi connectivity index (χ0) is 17.6. The van der Waals surface area contributed by atoms with Gasteiger partial charge in [-0.15, -0.1) is 0 Å². The first-order valence-electron chi connectivity index (χ1n) is 8.76. The van der Waals surface area contributed by atoms with E-state index >= 15 is 0 Å².